The van der Waals surface area contributed by atoms with Gasteiger partial charge in [-0.1, -0.05) is 6.08 Å². The lowest BCUT2D eigenvalue weighted by Crippen LogP contribution is -2.31. The van der Waals surface area contributed by atoms with Gasteiger partial charge in [-0.2, -0.15) is 5.26 Å². The summed E-state index contributed by atoms with van der Waals surface area (Å²) in [5.74, 6) is 0. The fourth-order valence-electron chi connectivity index (χ4n) is 1.23. The third-order valence-electron chi connectivity index (χ3n) is 2.11. The van der Waals surface area contributed by atoms with Crippen LogP contribution in [0.2, 0.25) is 0 Å². The van der Waals surface area contributed by atoms with Gasteiger partial charge in [-0.15, -0.1) is 6.58 Å². The zero-order valence-electron chi connectivity index (χ0n) is 9.34. The molecule has 1 unspecified atom stereocenters. The van der Waals surface area contributed by atoms with Gasteiger partial charge < -0.3 is 5.73 Å². The van der Waals surface area contributed by atoms with Crippen molar-refractivity contribution in [1.82, 2.24) is 4.72 Å². The molecule has 0 bridgehead atoms. The quantitative estimate of drug-likeness (QED) is 0.616. The summed E-state index contributed by atoms with van der Waals surface area (Å²) >= 11 is 0. The van der Waals surface area contributed by atoms with E-state index in [0.717, 1.165) is 0 Å². The van der Waals surface area contributed by atoms with Crippen LogP contribution in [-0.4, -0.2) is 14.5 Å². The molecule has 0 aliphatic carbocycles. The smallest absolute Gasteiger partial charge is 0.242 e. The van der Waals surface area contributed by atoms with E-state index in [1.54, 1.807) is 6.92 Å². The summed E-state index contributed by atoms with van der Waals surface area (Å²) in [6.07, 6.45) is 1.46. The standard InChI is InChI=1S/C11H13N3O2S/c1-3-8(2)14-17(15,16)11-5-4-10(13)6-9(11)7-12/h3-6,8,14H,1,13H2,2H3. The van der Waals surface area contributed by atoms with E-state index < -0.39 is 16.1 Å². The summed E-state index contributed by atoms with van der Waals surface area (Å²) in [6, 6.07) is 5.47. The van der Waals surface area contributed by atoms with E-state index in [1.165, 1.54) is 24.3 Å². The minimum absolute atomic E-state index is 0.0220. The maximum atomic E-state index is 11.9. The maximum absolute atomic E-state index is 11.9. The highest BCUT2D eigenvalue weighted by Gasteiger charge is 2.19. The third kappa shape index (κ3) is 3.06. The monoisotopic (exact) mass is 251 g/mol. The number of rotatable bonds is 4. The molecule has 0 aromatic heterocycles. The summed E-state index contributed by atoms with van der Waals surface area (Å²) in [5, 5.41) is 8.88. The van der Waals surface area contributed by atoms with Crippen LogP contribution in [0.4, 0.5) is 5.69 Å². The highest BCUT2D eigenvalue weighted by molar-refractivity contribution is 7.89. The molecule has 0 fully saturated rings. The van der Waals surface area contributed by atoms with Gasteiger partial charge in [-0.25, -0.2) is 13.1 Å². The predicted molar refractivity (Wildman–Crippen MR) is 65.5 cm³/mol. The van der Waals surface area contributed by atoms with Crippen LogP contribution in [0, 0.1) is 11.3 Å². The van der Waals surface area contributed by atoms with Crippen molar-refractivity contribution in [2.75, 3.05) is 5.73 Å². The predicted octanol–water partition coefficient (Wildman–Crippen LogP) is 0.993. The first-order valence-corrected chi connectivity index (χ1v) is 6.33. The molecule has 0 saturated heterocycles. The number of nitrogens with one attached hydrogen (secondary N) is 1. The Labute approximate surface area is 101 Å². The molecule has 1 aromatic rings. The molecule has 0 aliphatic heterocycles. The minimum atomic E-state index is -3.73. The number of anilines is 1. The Hall–Kier alpha value is -1.84. The minimum Gasteiger partial charge on any atom is -0.399 e. The highest BCUT2D eigenvalue weighted by Crippen LogP contribution is 2.18. The Bertz CT molecular complexity index is 573. The Balaban J connectivity index is 3.25. The molecule has 3 N–H and O–H groups in total. The largest absolute Gasteiger partial charge is 0.399 e. The molecule has 0 amide bonds. The van der Waals surface area contributed by atoms with Crippen LogP contribution in [0.15, 0.2) is 35.7 Å². The number of benzene rings is 1. The van der Waals surface area contributed by atoms with Crippen molar-refractivity contribution in [3.8, 4) is 6.07 Å². The van der Waals surface area contributed by atoms with Crippen molar-refractivity contribution in [3.63, 3.8) is 0 Å². The Kier molecular flexibility index (Phi) is 3.89. The summed E-state index contributed by atoms with van der Waals surface area (Å²) < 4.78 is 26.3. The second-order valence-electron chi connectivity index (χ2n) is 3.51. The van der Waals surface area contributed by atoms with Gasteiger partial charge in [-0.3, -0.25) is 0 Å². The lowest BCUT2D eigenvalue weighted by atomic mass is 10.2. The molecule has 5 nitrogen and oxygen atoms in total. The average molecular weight is 251 g/mol. The summed E-state index contributed by atoms with van der Waals surface area (Å²) in [7, 11) is -3.73. The van der Waals surface area contributed by atoms with Gasteiger partial charge >= 0.3 is 0 Å². The molecule has 0 aliphatic rings. The molecule has 1 atom stereocenters. The summed E-state index contributed by atoms with van der Waals surface area (Å²) in [6.45, 7) is 5.13. The van der Waals surface area contributed by atoms with Gasteiger partial charge in [0.05, 0.1) is 10.5 Å². The number of sulfonamides is 1. The van der Waals surface area contributed by atoms with E-state index in [0.29, 0.717) is 5.69 Å². The topological polar surface area (TPSA) is 96.0 Å². The van der Waals surface area contributed by atoms with Crippen molar-refractivity contribution in [2.24, 2.45) is 0 Å². The first kappa shape index (κ1) is 13.2. The number of nitrogens with two attached hydrogens (primary N) is 1. The summed E-state index contributed by atoms with van der Waals surface area (Å²) in [5.41, 5.74) is 5.86. The molecule has 90 valence electrons. The highest BCUT2D eigenvalue weighted by atomic mass is 32.2. The van der Waals surface area contributed by atoms with Crippen LogP contribution >= 0.6 is 0 Å². The molecular formula is C11H13N3O2S. The molecule has 0 saturated carbocycles. The van der Waals surface area contributed by atoms with Crippen LogP contribution in [0.25, 0.3) is 0 Å². The van der Waals surface area contributed by atoms with Crippen LogP contribution in [0.5, 0.6) is 0 Å². The van der Waals surface area contributed by atoms with Gasteiger partial charge in [0, 0.05) is 11.7 Å². The van der Waals surface area contributed by atoms with Crippen molar-refractivity contribution in [2.45, 2.75) is 17.9 Å². The SMILES string of the molecule is C=CC(C)NS(=O)(=O)c1ccc(N)cc1C#N. The molecule has 0 heterocycles. The second-order valence-corrected chi connectivity index (χ2v) is 5.20. The van der Waals surface area contributed by atoms with Crippen LogP contribution in [-0.2, 0) is 10.0 Å². The van der Waals surface area contributed by atoms with Gasteiger partial charge in [-0.05, 0) is 25.1 Å². The lowest BCUT2D eigenvalue weighted by molar-refractivity contribution is 0.576. The van der Waals surface area contributed by atoms with E-state index in [-0.39, 0.29) is 10.5 Å². The van der Waals surface area contributed by atoms with E-state index in [1.807, 2.05) is 6.07 Å². The van der Waals surface area contributed by atoms with Gasteiger partial charge in [0.15, 0.2) is 0 Å². The second kappa shape index (κ2) is 4.99. The van der Waals surface area contributed by atoms with Crippen molar-refractivity contribution < 1.29 is 8.42 Å². The summed E-state index contributed by atoms with van der Waals surface area (Å²) in [4.78, 5) is -0.0806. The molecule has 1 rings (SSSR count). The first-order chi connectivity index (χ1) is 7.90. The molecule has 0 radical (unpaired) electrons. The van der Waals surface area contributed by atoms with Crippen LogP contribution in [0.3, 0.4) is 0 Å². The van der Waals surface area contributed by atoms with Crippen molar-refractivity contribution >= 4 is 15.7 Å². The molecular weight excluding hydrogens is 238 g/mol. The normalized spacial score (nSPS) is 12.7. The van der Waals surface area contributed by atoms with E-state index >= 15 is 0 Å². The molecule has 1 aromatic carbocycles. The van der Waals surface area contributed by atoms with Gasteiger partial charge in [0.2, 0.25) is 10.0 Å². The number of nitrogens with zero attached hydrogens (tertiary/aromatic N) is 1. The Morgan fingerprint density at radius 3 is 2.76 bits per heavy atom. The van der Waals surface area contributed by atoms with Crippen LogP contribution in [0.1, 0.15) is 12.5 Å². The molecule has 17 heavy (non-hydrogen) atoms. The number of nitrogen functional groups attached to an aromatic ring is 1. The maximum Gasteiger partial charge on any atom is 0.242 e. The molecule has 6 heteroatoms. The first-order valence-electron chi connectivity index (χ1n) is 4.85. The molecule has 0 spiro atoms. The van der Waals surface area contributed by atoms with E-state index in [2.05, 4.69) is 11.3 Å². The van der Waals surface area contributed by atoms with E-state index in [9.17, 15) is 8.42 Å². The van der Waals surface area contributed by atoms with Crippen LogP contribution < -0.4 is 10.5 Å². The van der Waals surface area contributed by atoms with E-state index in [4.69, 9.17) is 11.0 Å². The number of hydrogen-bond donors (Lipinski definition) is 2. The third-order valence-corrected chi connectivity index (χ3v) is 3.73. The fraction of sp³-hybridized carbons (Fsp3) is 0.182. The van der Waals surface area contributed by atoms with Gasteiger partial charge in [0.25, 0.3) is 0 Å². The average Bonchev–Trinajstić information content (AvgIpc) is 2.27. The number of nitriles is 1. The fourth-order valence-corrected chi connectivity index (χ4v) is 2.58. The Morgan fingerprint density at radius 2 is 2.24 bits per heavy atom. The zero-order chi connectivity index (χ0) is 13.1. The van der Waals surface area contributed by atoms with Crippen molar-refractivity contribution in [1.29, 1.82) is 5.26 Å². The Morgan fingerprint density at radius 1 is 1.59 bits per heavy atom. The number of hydrogen-bond acceptors (Lipinski definition) is 4. The zero-order valence-corrected chi connectivity index (χ0v) is 10.2. The lowest BCUT2D eigenvalue weighted by Gasteiger charge is -2.11. The van der Waals surface area contributed by atoms with Crippen molar-refractivity contribution in [3.05, 3.63) is 36.4 Å². The van der Waals surface area contributed by atoms with Gasteiger partial charge in [0.1, 0.15) is 6.07 Å².